The highest BCUT2D eigenvalue weighted by molar-refractivity contribution is 8.06. The zero-order valence-corrected chi connectivity index (χ0v) is 16.4. The number of aliphatic imine (C=N–C) groups is 1. The molecule has 0 fully saturated rings. The van der Waals surface area contributed by atoms with Gasteiger partial charge in [0.1, 0.15) is 12.0 Å². The molecule has 0 amide bonds. The van der Waals surface area contributed by atoms with Gasteiger partial charge in [-0.15, -0.1) is 0 Å². The van der Waals surface area contributed by atoms with Crippen molar-refractivity contribution >= 4 is 23.3 Å². The van der Waals surface area contributed by atoms with Gasteiger partial charge in [-0.2, -0.15) is 0 Å². The summed E-state index contributed by atoms with van der Waals surface area (Å²) in [4.78, 5) is 7.70. The van der Waals surface area contributed by atoms with E-state index in [2.05, 4.69) is 11.9 Å². The van der Waals surface area contributed by atoms with E-state index in [1.807, 2.05) is 36.3 Å². The van der Waals surface area contributed by atoms with Crippen LogP contribution in [0.4, 0.5) is 4.39 Å². The maximum absolute atomic E-state index is 12.9. The Labute approximate surface area is 155 Å². The fourth-order valence-electron chi connectivity index (χ4n) is 2.54. The van der Waals surface area contributed by atoms with Gasteiger partial charge in [-0.1, -0.05) is 36.9 Å². The highest BCUT2D eigenvalue weighted by Gasteiger charge is 2.25. The lowest BCUT2D eigenvalue weighted by atomic mass is 10.0. The van der Waals surface area contributed by atoms with E-state index < -0.39 is 6.17 Å². The van der Waals surface area contributed by atoms with Crippen LogP contribution < -0.4 is 5.73 Å². The van der Waals surface area contributed by atoms with Gasteiger partial charge >= 0.3 is 0 Å². The van der Waals surface area contributed by atoms with Crippen LogP contribution in [-0.2, 0) is 0 Å². The first-order valence-corrected chi connectivity index (χ1v) is 9.46. The van der Waals surface area contributed by atoms with Gasteiger partial charge in [-0.05, 0) is 45.1 Å². The van der Waals surface area contributed by atoms with Gasteiger partial charge in [-0.3, -0.25) is 4.99 Å². The third-order valence-electron chi connectivity index (χ3n) is 3.72. The lowest BCUT2D eigenvalue weighted by molar-refractivity contribution is 0.365. The molecule has 0 aromatic heterocycles. The smallest absolute Gasteiger partial charge is 0.143 e. The number of rotatable bonds is 9. The van der Waals surface area contributed by atoms with Gasteiger partial charge in [0.25, 0.3) is 0 Å². The first kappa shape index (κ1) is 21.4. The van der Waals surface area contributed by atoms with Gasteiger partial charge < -0.3 is 16.0 Å². The monoisotopic (exact) mass is 364 g/mol. The van der Waals surface area contributed by atoms with Crippen molar-refractivity contribution < 1.29 is 4.39 Å². The second-order valence-electron chi connectivity index (χ2n) is 5.60. The van der Waals surface area contributed by atoms with E-state index in [0.29, 0.717) is 25.3 Å². The Kier molecular flexibility index (Phi) is 9.45. The Bertz CT molecular complexity index is 615. The lowest BCUT2D eigenvalue weighted by Gasteiger charge is -2.33. The summed E-state index contributed by atoms with van der Waals surface area (Å²) in [6.07, 6.45) is 7.56. The van der Waals surface area contributed by atoms with Gasteiger partial charge in [0.2, 0.25) is 0 Å². The molecule has 0 spiro atoms. The van der Waals surface area contributed by atoms with E-state index >= 15 is 0 Å². The number of hydrogen-bond acceptors (Lipinski definition) is 5. The summed E-state index contributed by atoms with van der Waals surface area (Å²) in [5.41, 5.74) is 8.24. The molecule has 1 unspecified atom stereocenters. The first-order chi connectivity index (χ1) is 12.0. The van der Waals surface area contributed by atoms with Crippen molar-refractivity contribution in [3.63, 3.8) is 0 Å². The first-order valence-electron chi connectivity index (χ1n) is 8.58. The number of nitrogens with one attached hydrogen (secondary N) is 1. The Morgan fingerprint density at radius 3 is 2.72 bits per heavy atom. The van der Waals surface area contributed by atoms with Crippen LogP contribution in [0.1, 0.15) is 40.5 Å². The van der Waals surface area contributed by atoms with Crippen LogP contribution in [0.2, 0.25) is 0 Å². The highest BCUT2D eigenvalue weighted by Crippen LogP contribution is 2.28. The molecule has 0 saturated heterocycles. The number of allylic oxidation sites excluding steroid dienone is 5. The molecule has 1 atom stereocenters. The molecular formula is C19H29FN4S. The molecule has 0 saturated carbocycles. The molecule has 1 aliphatic heterocycles. The predicted octanol–water partition coefficient (Wildman–Crippen LogP) is 4.78. The average molecular weight is 365 g/mol. The Hall–Kier alpha value is -1.66. The minimum absolute atomic E-state index is 0.303. The molecule has 1 rings (SSSR count). The minimum Gasteiger partial charge on any atom is -0.316 e. The number of hydrogen-bond donors (Lipinski definition) is 2. The van der Waals surface area contributed by atoms with E-state index in [1.54, 1.807) is 23.9 Å². The quantitative estimate of drug-likeness (QED) is 0.579. The maximum atomic E-state index is 12.9. The summed E-state index contributed by atoms with van der Waals surface area (Å²) in [5, 5.41) is 10.3. The Morgan fingerprint density at radius 2 is 2.20 bits per heavy atom. The minimum atomic E-state index is -0.902. The molecule has 3 N–H and O–H groups in total. The molecule has 25 heavy (non-hydrogen) atoms. The van der Waals surface area contributed by atoms with Crippen LogP contribution in [0.5, 0.6) is 0 Å². The highest BCUT2D eigenvalue weighted by atomic mass is 32.2. The predicted molar refractivity (Wildman–Crippen MR) is 109 cm³/mol. The lowest BCUT2D eigenvalue weighted by Crippen LogP contribution is -2.40. The molecule has 4 nitrogen and oxygen atoms in total. The van der Waals surface area contributed by atoms with Crippen LogP contribution in [0.3, 0.4) is 0 Å². The van der Waals surface area contributed by atoms with Crippen LogP contribution in [0.15, 0.2) is 50.9 Å². The zero-order valence-electron chi connectivity index (χ0n) is 15.6. The van der Waals surface area contributed by atoms with Gasteiger partial charge in [0.15, 0.2) is 0 Å². The number of nitrogens with zero attached hydrogens (tertiary/aromatic N) is 2. The van der Waals surface area contributed by atoms with E-state index in [1.165, 1.54) is 6.92 Å². The summed E-state index contributed by atoms with van der Waals surface area (Å²) >= 11 is 1.61. The van der Waals surface area contributed by atoms with Crippen molar-refractivity contribution in [3.8, 4) is 0 Å². The molecule has 0 aromatic rings. The van der Waals surface area contributed by atoms with Crippen molar-refractivity contribution in [3.05, 3.63) is 45.9 Å². The Morgan fingerprint density at radius 1 is 1.48 bits per heavy atom. The van der Waals surface area contributed by atoms with Gasteiger partial charge in [0.05, 0.1) is 18.9 Å². The number of amidine groups is 1. The number of nitrogens with two attached hydrogens (primary N) is 1. The normalized spacial score (nSPS) is 17.6. The van der Waals surface area contributed by atoms with E-state index in [4.69, 9.17) is 11.1 Å². The number of alkyl halides is 1. The standard InChI is InChI=1S/C19H29FN4S/c1-5-11-25-18(7-3)19-23-12-15(17(6-2)24(19)13-21)16(22)10-8-9-14(4)20/h5,7-8,10-11,14,22H,6,9,12-13,21H2,1-4H3/b10-8-,11-5-,18-7+,22-16?. The molecule has 6 heteroatoms. The van der Waals surface area contributed by atoms with Gasteiger partial charge in [-0.25, -0.2) is 4.39 Å². The third kappa shape index (κ3) is 5.97. The van der Waals surface area contributed by atoms with Crippen LogP contribution in [0.25, 0.3) is 0 Å². The fraction of sp³-hybridized carbons (Fsp3) is 0.474. The topological polar surface area (TPSA) is 65.5 Å². The van der Waals surface area contributed by atoms with Crippen LogP contribution >= 0.6 is 11.8 Å². The molecule has 0 aromatic carbocycles. The second kappa shape index (κ2) is 11.1. The van der Waals surface area contributed by atoms with Crippen LogP contribution in [0, 0.1) is 5.41 Å². The molecule has 0 aliphatic carbocycles. The summed E-state index contributed by atoms with van der Waals surface area (Å²) in [6, 6.07) is 0. The van der Waals surface area contributed by atoms with E-state index in [-0.39, 0.29) is 0 Å². The summed E-state index contributed by atoms with van der Waals surface area (Å²) < 4.78 is 12.9. The zero-order chi connectivity index (χ0) is 18.8. The van der Waals surface area contributed by atoms with Gasteiger partial charge in [0, 0.05) is 16.2 Å². The summed E-state index contributed by atoms with van der Waals surface area (Å²) in [5.74, 6) is 0.850. The molecular weight excluding hydrogens is 335 g/mol. The van der Waals surface area contributed by atoms with Crippen molar-refractivity contribution in [2.45, 2.75) is 46.7 Å². The average Bonchev–Trinajstić information content (AvgIpc) is 2.60. The maximum Gasteiger partial charge on any atom is 0.143 e. The van der Waals surface area contributed by atoms with E-state index in [0.717, 1.165) is 28.4 Å². The molecule has 1 aliphatic rings. The largest absolute Gasteiger partial charge is 0.316 e. The van der Waals surface area contributed by atoms with Crippen molar-refractivity contribution in [2.24, 2.45) is 10.7 Å². The van der Waals surface area contributed by atoms with Crippen molar-refractivity contribution in [1.82, 2.24) is 4.90 Å². The molecule has 1 heterocycles. The summed E-state index contributed by atoms with van der Waals surface area (Å²) in [6.45, 7) is 8.27. The fourth-order valence-corrected chi connectivity index (χ4v) is 3.24. The van der Waals surface area contributed by atoms with E-state index in [9.17, 15) is 4.39 Å². The molecule has 0 radical (unpaired) electrons. The van der Waals surface area contributed by atoms with Crippen molar-refractivity contribution in [2.75, 3.05) is 13.2 Å². The summed E-state index contributed by atoms with van der Waals surface area (Å²) in [7, 11) is 0. The molecule has 138 valence electrons. The van der Waals surface area contributed by atoms with Crippen LogP contribution in [-0.4, -0.2) is 35.8 Å². The molecule has 0 bridgehead atoms. The number of halogens is 1. The Balaban J connectivity index is 3.11. The van der Waals surface area contributed by atoms with Crippen molar-refractivity contribution in [1.29, 1.82) is 5.41 Å². The second-order valence-corrected chi connectivity index (χ2v) is 6.55. The third-order valence-corrected chi connectivity index (χ3v) is 4.80. The number of thioether (sulfide) groups is 1. The SMILES string of the molecule is C/C=C\S/C(=C/C)C1=NCC(C(=N)/C=C\CC(C)F)=C(CC)N1CN.